The molecule has 2 N–H and O–H groups in total. The van der Waals surface area contributed by atoms with Crippen molar-refractivity contribution >= 4 is 17.3 Å². The third-order valence-corrected chi connectivity index (χ3v) is 2.60. The summed E-state index contributed by atoms with van der Waals surface area (Å²) in [5.74, 6) is 0. The molecule has 0 spiro atoms. The molecule has 0 bridgehead atoms. The summed E-state index contributed by atoms with van der Waals surface area (Å²) in [6.45, 7) is 5.22. The van der Waals surface area contributed by atoms with E-state index in [1.165, 1.54) is 0 Å². The largest absolute Gasteiger partial charge is 0.398 e. The number of benzene rings is 1. The first-order valence-corrected chi connectivity index (χ1v) is 5.81. The van der Waals surface area contributed by atoms with Gasteiger partial charge in [-0.1, -0.05) is 17.7 Å². The van der Waals surface area contributed by atoms with E-state index in [0.717, 1.165) is 37.6 Å². The van der Waals surface area contributed by atoms with Crippen molar-refractivity contribution in [3.8, 4) is 0 Å². The van der Waals surface area contributed by atoms with Crippen LogP contribution in [-0.2, 0) is 11.3 Å². The molecular formula is C12H19ClN2O. The normalized spacial score (nSPS) is 11.0. The number of likely N-dealkylation sites (N-methyl/N-ethyl adjacent to an activating group) is 1. The molecule has 0 aliphatic carbocycles. The fourth-order valence-corrected chi connectivity index (χ4v) is 1.62. The molecule has 0 atom stereocenters. The van der Waals surface area contributed by atoms with Crippen molar-refractivity contribution < 1.29 is 4.74 Å². The van der Waals surface area contributed by atoms with Crippen LogP contribution in [0, 0.1) is 0 Å². The Morgan fingerprint density at radius 2 is 2.19 bits per heavy atom. The maximum absolute atomic E-state index is 5.88. The molecule has 90 valence electrons. The van der Waals surface area contributed by atoms with Crippen molar-refractivity contribution in [2.75, 3.05) is 32.5 Å². The predicted octanol–water partition coefficient (Wildman–Crippen LogP) is 2.39. The van der Waals surface area contributed by atoms with Crippen molar-refractivity contribution in [2.24, 2.45) is 0 Å². The standard InChI is InChI=1S/C12H19ClN2O/c1-3-16-7-6-15(2)9-10-4-5-11(13)8-12(10)14/h4-5,8H,3,6-7,9,14H2,1-2H3. The summed E-state index contributed by atoms with van der Waals surface area (Å²) < 4.78 is 5.30. The maximum atomic E-state index is 5.88. The Morgan fingerprint density at radius 3 is 2.81 bits per heavy atom. The van der Waals surface area contributed by atoms with Crippen molar-refractivity contribution in [1.29, 1.82) is 0 Å². The van der Waals surface area contributed by atoms with Crippen LogP contribution >= 0.6 is 11.6 Å². The van der Waals surface area contributed by atoms with Crippen LogP contribution in [0.2, 0.25) is 5.02 Å². The molecule has 0 aromatic heterocycles. The molecule has 0 saturated heterocycles. The van der Waals surface area contributed by atoms with Crippen LogP contribution < -0.4 is 5.73 Å². The minimum absolute atomic E-state index is 0.679. The van der Waals surface area contributed by atoms with Crippen LogP contribution in [0.15, 0.2) is 18.2 Å². The average molecular weight is 243 g/mol. The van der Waals surface area contributed by atoms with Gasteiger partial charge in [0.05, 0.1) is 6.61 Å². The highest BCUT2D eigenvalue weighted by atomic mass is 35.5. The number of nitrogen functional groups attached to an aromatic ring is 1. The summed E-state index contributed by atoms with van der Waals surface area (Å²) in [7, 11) is 2.05. The summed E-state index contributed by atoms with van der Waals surface area (Å²) in [4.78, 5) is 2.18. The Labute approximate surface area is 102 Å². The van der Waals surface area contributed by atoms with Gasteiger partial charge in [-0.25, -0.2) is 0 Å². The first-order chi connectivity index (χ1) is 7.63. The highest BCUT2D eigenvalue weighted by Gasteiger charge is 2.04. The number of ether oxygens (including phenoxy) is 1. The molecule has 1 rings (SSSR count). The molecule has 4 heteroatoms. The predicted molar refractivity (Wildman–Crippen MR) is 68.7 cm³/mol. The van der Waals surface area contributed by atoms with Gasteiger partial charge in [-0.2, -0.15) is 0 Å². The van der Waals surface area contributed by atoms with Gasteiger partial charge in [0.2, 0.25) is 0 Å². The van der Waals surface area contributed by atoms with E-state index in [1.54, 1.807) is 6.07 Å². The SMILES string of the molecule is CCOCCN(C)Cc1ccc(Cl)cc1N. The summed E-state index contributed by atoms with van der Waals surface area (Å²) in [6, 6.07) is 5.62. The number of nitrogens with zero attached hydrogens (tertiary/aromatic N) is 1. The van der Waals surface area contributed by atoms with Gasteiger partial charge in [0.25, 0.3) is 0 Å². The monoisotopic (exact) mass is 242 g/mol. The van der Waals surface area contributed by atoms with Crippen molar-refractivity contribution in [1.82, 2.24) is 4.90 Å². The van der Waals surface area contributed by atoms with Gasteiger partial charge in [0.1, 0.15) is 0 Å². The highest BCUT2D eigenvalue weighted by Crippen LogP contribution is 2.18. The van der Waals surface area contributed by atoms with E-state index in [4.69, 9.17) is 22.1 Å². The van der Waals surface area contributed by atoms with E-state index in [-0.39, 0.29) is 0 Å². The molecule has 1 aromatic carbocycles. The zero-order valence-electron chi connectivity index (χ0n) is 9.87. The molecule has 0 radical (unpaired) electrons. The van der Waals surface area contributed by atoms with Crippen LogP contribution in [0.1, 0.15) is 12.5 Å². The van der Waals surface area contributed by atoms with Gasteiger partial charge in [-0.05, 0) is 31.7 Å². The van der Waals surface area contributed by atoms with E-state index in [2.05, 4.69) is 4.90 Å². The second-order valence-electron chi connectivity index (χ2n) is 3.78. The number of rotatable bonds is 6. The van der Waals surface area contributed by atoms with Crippen LogP contribution in [-0.4, -0.2) is 31.7 Å². The van der Waals surface area contributed by atoms with Crippen LogP contribution in [0.5, 0.6) is 0 Å². The van der Waals surface area contributed by atoms with E-state index < -0.39 is 0 Å². The zero-order valence-corrected chi connectivity index (χ0v) is 10.6. The first kappa shape index (κ1) is 13.3. The average Bonchev–Trinajstić information content (AvgIpc) is 2.23. The third kappa shape index (κ3) is 4.39. The minimum Gasteiger partial charge on any atom is -0.398 e. The van der Waals surface area contributed by atoms with Crippen molar-refractivity contribution in [2.45, 2.75) is 13.5 Å². The second-order valence-corrected chi connectivity index (χ2v) is 4.21. The number of nitrogens with two attached hydrogens (primary N) is 1. The number of hydrogen-bond acceptors (Lipinski definition) is 3. The zero-order chi connectivity index (χ0) is 12.0. The van der Waals surface area contributed by atoms with Crippen LogP contribution in [0.25, 0.3) is 0 Å². The lowest BCUT2D eigenvalue weighted by Gasteiger charge is -2.17. The van der Waals surface area contributed by atoms with Gasteiger partial charge in [0, 0.05) is 30.4 Å². The molecule has 0 heterocycles. The second kappa shape index (κ2) is 6.74. The third-order valence-electron chi connectivity index (χ3n) is 2.37. The molecule has 0 aliphatic heterocycles. The lowest BCUT2D eigenvalue weighted by Crippen LogP contribution is -2.23. The molecule has 3 nitrogen and oxygen atoms in total. The number of hydrogen-bond donors (Lipinski definition) is 1. The van der Waals surface area contributed by atoms with Crippen molar-refractivity contribution in [3.05, 3.63) is 28.8 Å². The van der Waals surface area contributed by atoms with E-state index in [9.17, 15) is 0 Å². The van der Waals surface area contributed by atoms with E-state index in [0.29, 0.717) is 5.02 Å². The summed E-state index contributed by atoms with van der Waals surface area (Å²) in [5.41, 5.74) is 7.73. The maximum Gasteiger partial charge on any atom is 0.0593 e. The Bertz CT molecular complexity index is 331. The smallest absolute Gasteiger partial charge is 0.0593 e. The van der Waals surface area contributed by atoms with E-state index in [1.807, 2.05) is 26.1 Å². The van der Waals surface area contributed by atoms with Gasteiger partial charge in [0.15, 0.2) is 0 Å². The number of anilines is 1. The summed E-state index contributed by atoms with van der Waals surface area (Å²) in [6.07, 6.45) is 0. The van der Waals surface area contributed by atoms with Crippen LogP contribution in [0.4, 0.5) is 5.69 Å². The fraction of sp³-hybridized carbons (Fsp3) is 0.500. The van der Waals surface area contributed by atoms with Gasteiger partial charge < -0.3 is 10.5 Å². The van der Waals surface area contributed by atoms with E-state index >= 15 is 0 Å². The summed E-state index contributed by atoms with van der Waals surface area (Å²) >= 11 is 5.84. The topological polar surface area (TPSA) is 38.5 Å². The minimum atomic E-state index is 0.679. The molecule has 0 unspecified atom stereocenters. The Hall–Kier alpha value is -0.770. The Morgan fingerprint density at radius 1 is 1.44 bits per heavy atom. The summed E-state index contributed by atoms with van der Waals surface area (Å²) in [5, 5.41) is 0.679. The Kier molecular flexibility index (Phi) is 5.60. The van der Waals surface area contributed by atoms with Gasteiger partial charge in [-0.3, -0.25) is 4.90 Å². The molecule has 0 amide bonds. The first-order valence-electron chi connectivity index (χ1n) is 5.43. The quantitative estimate of drug-likeness (QED) is 0.615. The fourth-order valence-electron chi connectivity index (χ4n) is 1.44. The number of halogens is 1. The van der Waals surface area contributed by atoms with Gasteiger partial charge in [-0.15, -0.1) is 0 Å². The molecule has 1 aromatic rings. The van der Waals surface area contributed by atoms with Crippen LogP contribution in [0.3, 0.4) is 0 Å². The Balaban J connectivity index is 2.46. The molecule has 0 fully saturated rings. The molecule has 0 aliphatic rings. The lowest BCUT2D eigenvalue weighted by molar-refractivity contribution is 0.120. The molecule has 16 heavy (non-hydrogen) atoms. The highest BCUT2D eigenvalue weighted by molar-refractivity contribution is 6.30. The lowest BCUT2D eigenvalue weighted by atomic mass is 10.2. The van der Waals surface area contributed by atoms with Crippen molar-refractivity contribution in [3.63, 3.8) is 0 Å². The molecular weight excluding hydrogens is 224 g/mol. The van der Waals surface area contributed by atoms with Gasteiger partial charge >= 0.3 is 0 Å². The molecule has 0 saturated carbocycles.